The Bertz CT molecular complexity index is 1190. The zero-order valence-corrected chi connectivity index (χ0v) is 16.3. The van der Waals surface area contributed by atoms with Crippen LogP contribution in [0.15, 0.2) is 35.1 Å². The van der Waals surface area contributed by atoms with Gasteiger partial charge in [-0.2, -0.15) is 8.42 Å². The first-order valence-electron chi connectivity index (χ1n) is 8.71. The van der Waals surface area contributed by atoms with E-state index in [1.54, 1.807) is 6.92 Å². The maximum absolute atomic E-state index is 12.4. The molecule has 154 valence electrons. The molecule has 0 amide bonds. The fraction of sp³-hybridized carbons (Fsp3) is 0.294. The van der Waals surface area contributed by atoms with E-state index in [0.717, 1.165) is 5.56 Å². The van der Waals surface area contributed by atoms with Gasteiger partial charge in [0, 0.05) is 6.42 Å². The molecule has 0 aliphatic carbocycles. The number of H-pyrrole nitrogens is 1. The summed E-state index contributed by atoms with van der Waals surface area (Å²) in [7, 11) is -4.65. The van der Waals surface area contributed by atoms with Gasteiger partial charge in [0.2, 0.25) is 0 Å². The van der Waals surface area contributed by atoms with Crippen LogP contribution in [0, 0.1) is 0 Å². The largest absolute Gasteiger partial charge is 0.466 e. The number of nitrogens with one attached hydrogen (secondary N) is 2. The molecule has 11 nitrogen and oxygen atoms in total. The lowest BCUT2D eigenvalue weighted by molar-refractivity contribution is -0.143. The van der Waals surface area contributed by atoms with E-state index in [2.05, 4.69) is 15.0 Å². The van der Waals surface area contributed by atoms with Crippen molar-refractivity contribution in [2.24, 2.45) is 0 Å². The maximum atomic E-state index is 12.4. The number of rotatable bonds is 8. The second-order valence-corrected chi connectivity index (χ2v) is 7.23. The molecular weight excluding hydrogens is 402 g/mol. The number of hydrogen-bond acceptors (Lipinski definition) is 7. The van der Waals surface area contributed by atoms with Gasteiger partial charge in [0.15, 0.2) is 11.5 Å². The minimum atomic E-state index is -4.65. The first-order valence-corrected chi connectivity index (χ1v) is 10.1. The smallest absolute Gasteiger partial charge is 0.358 e. The van der Waals surface area contributed by atoms with Crippen LogP contribution < -0.4 is 10.4 Å². The molecule has 0 unspecified atom stereocenters. The number of fused-ring (bicyclic) bond motifs is 1. The second kappa shape index (κ2) is 8.41. The summed E-state index contributed by atoms with van der Waals surface area (Å²) in [6.45, 7) is 2.08. The van der Waals surface area contributed by atoms with Gasteiger partial charge in [-0.3, -0.25) is 13.9 Å². The van der Waals surface area contributed by atoms with Gasteiger partial charge in [-0.05, 0) is 12.5 Å². The Morgan fingerprint density at radius 1 is 1.28 bits per heavy atom. The topological polar surface area (TPSA) is 156 Å². The Balaban J connectivity index is 2.06. The lowest BCUT2D eigenvalue weighted by Crippen LogP contribution is -2.18. The van der Waals surface area contributed by atoms with Crippen LogP contribution in [-0.2, 0) is 32.8 Å². The Morgan fingerprint density at radius 3 is 2.66 bits per heavy atom. The fourth-order valence-electron chi connectivity index (χ4n) is 2.74. The van der Waals surface area contributed by atoms with Gasteiger partial charge in [0.05, 0.1) is 19.6 Å². The molecule has 2 heterocycles. The predicted molar refractivity (Wildman–Crippen MR) is 104 cm³/mol. The molecule has 12 heteroatoms. The summed E-state index contributed by atoms with van der Waals surface area (Å²) in [5.74, 6) is -0.644. The van der Waals surface area contributed by atoms with E-state index in [1.165, 1.54) is 4.57 Å². The Morgan fingerprint density at radius 2 is 2.00 bits per heavy atom. The number of hydrogen-bond donors (Lipinski definition) is 3. The number of aromatic amines is 1. The van der Waals surface area contributed by atoms with E-state index >= 15 is 0 Å². The van der Waals surface area contributed by atoms with Crippen LogP contribution in [0.3, 0.4) is 0 Å². The SMILES string of the molecule is CCOC(=O)CCc1nc(NS(=O)(=O)O)c2[nH]c(=O)n(Cc3ccccc3)c2n1. The maximum Gasteiger partial charge on any atom is 0.358 e. The minimum Gasteiger partial charge on any atom is -0.466 e. The third-order valence-electron chi connectivity index (χ3n) is 3.94. The minimum absolute atomic E-state index is 0.0171. The zero-order valence-electron chi connectivity index (χ0n) is 15.5. The van der Waals surface area contributed by atoms with Crippen LogP contribution in [-0.4, -0.2) is 45.1 Å². The van der Waals surface area contributed by atoms with E-state index < -0.39 is 22.0 Å². The first kappa shape index (κ1) is 20.5. The Hall–Kier alpha value is -3.25. The van der Waals surface area contributed by atoms with E-state index in [1.807, 2.05) is 35.1 Å². The molecule has 29 heavy (non-hydrogen) atoms. The van der Waals surface area contributed by atoms with E-state index in [-0.39, 0.29) is 48.8 Å². The van der Waals surface area contributed by atoms with E-state index in [4.69, 9.17) is 9.29 Å². The molecule has 3 rings (SSSR count). The summed E-state index contributed by atoms with van der Waals surface area (Å²) in [6.07, 6.45) is 0.0254. The van der Waals surface area contributed by atoms with Crippen LogP contribution in [0.2, 0.25) is 0 Å². The number of anilines is 1. The Kier molecular flexibility index (Phi) is 5.94. The number of carbonyl (C=O) groups is 1. The van der Waals surface area contributed by atoms with Crippen LogP contribution in [0.1, 0.15) is 24.7 Å². The number of esters is 1. The van der Waals surface area contributed by atoms with Crippen molar-refractivity contribution >= 4 is 33.3 Å². The van der Waals surface area contributed by atoms with Crippen molar-refractivity contribution in [3.63, 3.8) is 0 Å². The quantitative estimate of drug-likeness (QED) is 0.357. The normalized spacial score (nSPS) is 11.5. The van der Waals surface area contributed by atoms with Gasteiger partial charge < -0.3 is 9.72 Å². The van der Waals surface area contributed by atoms with Crippen molar-refractivity contribution < 1.29 is 22.5 Å². The van der Waals surface area contributed by atoms with Crippen LogP contribution >= 0.6 is 0 Å². The number of carbonyl (C=O) groups excluding carboxylic acids is 1. The number of aromatic nitrogens is 4. The lowest BCUT2D eigenvalue weighted by Gasteiger charge is -2.08. The molecule has 0 fully saturated rings. The number of benzene rings is 1. The van der Waals surface area contributed by atoms with Gasteiger partial charge in [-0.15, -0.1) is 0 Å². The van der Waals surface area contributed by atoms with Crippen LogP contribution in [0.25, 0.3) is 11.2 Å². The summed E-state index contributed by atoms with van der Waals surface area (Å²) in [4.78, 5) is 34.9. The summed E-state index contributed by atoms with van der Waals surface area (Å²) < 4.78 is 39.8. The number of aryl methyl sites for hydroxylation is 1. The summed E-state index contributed by atoms with van der Waals surface area (Å²) in [6, 6.07) is 9.13. The molecule has 3 N–H and O–H groups in total. The molecule has 0 saturated heterocycles. The highest BCUT2D eigenvalue weighted by Crippen LogP contribution is 2.19. The van der Waals surface area contributed by atoms with Gasteiger partial charge in [0.1, 0.15) is 11.3 Å². The number of imidazole rings is 1. The standard InChI is InChI=1S/C17H19N5O6S/c1-2-28-13(23)9-8-12-18-15(21-29(25,26)27)14-16(19-12)22(17(24)20-14)10-11-6-4-3-5-7-11/h3-7H,2,8-10H2,1H3,(H,20,24)(H,18,19,21)(H,25,26,27). The molecule has 2 aromatic heterocycles. The van der Waals surface area contributed by atoms with Crippen molar-refractivity contribution in [3.05, 3.63) is 52.2 Å². The molecule has 0 bridgehead atoms. The fourth-order valence-corrected chi connectivity index (χ4v) is 3.13. The van der Waals surface area contributed by atoms with Crippen molar-refractivity contribution in [2.75, 3.05) is 11.3 Å². The molecule has 0 aliphatic rings. The zero-order chi connectivity index (χ0) is 21.0. The third-order valence-corrected chi connectivity index (χ3v) is 4.39. The van der Waals surface area contributed by atoms with Crippen molar-refractivity contribution in [3.8, 4) is 0 Å². The van der Waals surface area contributed by atoms with Crippen LogP contribution in [0.5, 0.6) is 0 Å². The molecule has 3 aromatic rings. The summed E-state index contributed by atoms with van der Waals surface area (Å²) in [5.41, 5.74) is 0.452. The third kappa shape index (κ3) is 5.18. The highest BCUT2D eigenvalue weighted by atomic mass is 32.2. The molecule has 0 aliphatic heterocycles. The monoisotopic (exact) mass is 421 g/mol. The molecule has 0 saturated carbocycles. The molecule has 0 atom stereocenters. The first-order chi connectivity index (χ1) is 13.8. The van der Waals surface area contributed by atoms with Crippen molar-refractivity contribution in [1.82, 2.24) is 19.5 Å². The Labute approximate surface area is 165 Å². The van der Waals surface area contributed by atoms with E-state index in [0.29, 0.717) is 0 Å². The average Bonchev–Trinajstić information content (AvgIpc) is 2.96. The lowest BCUT2D eigenvalue weighted by atomic mass is 10.2. The van der Waals surface area contributed by atoms with E-state index in [9.17, 15) is 18.0 Å². The summed E-state index contributed by atoms with van der Waals surface area (Å²) in [5, 5.41) is 0. The number of nitrogens with zero attached hydrogens (tertiary/aromatic N) is 3. The van der Waals surface area contributed by atoms with Gasteiger partial charge in [0.25, 0.3) is 0 Å². The van der Waals surface area contributed by atoms with Gasteiger partial charge in [-0.25, -0.2) is 19.5 Å². The molecule has 0 radical (unpaired) electrons. The van der Waals surface area contributed by atoms with Gasteiger partial charge >= 0.3 is 22.0 Å². The molecule has 1 aromatic carbocycles. The molecule has 0 spiro atoms. The summed E-state index contributed by atoms with van der Waals surface area (Å²) >= 11 is 0. The van der Waals surface area contributed by atoms with Crippen LogP contribution in [0.4, 0.5) is 5.82 Å². The predicted octanol–water partition coefficient (Wildman–Crippen LogP) is 0.878. The average molecular weight is 421 g/mol. The van der Waals surface area contributed by atoms with Crippen molar-refractivity contribution in [1.29, 1.82) is 0 Å². The second-order valence-electron chi connectivity index (χ2n) is 6.07. The number of ether oxygens (including phenoxy) is 1. The van der Waals surface area contributed by atoms with Crippen molar-refractivity contribution in [2.45, 2.75) is 26.3 Å². The molecular formula is C17H19N5O6S. The van der Waals surface area contributed by atoms with Gasteiger partial charge in [-0.1, -0.05) is 30.3 Å². The highest BCUT2D eigenvalue weighted by Gasteiger charge is 2.19. The highest BCUT2D eigenvalue weighted by molar-refractivity contribution is 7.87.